The van der Waals surface area contributed by atoms with Gasteiger partial charge in [-0.2, -0.15) is 0 Å². The van der Waals surface area contributed by atoms with Crippen molar-refractivity contribution in [1.29, 1.82) is 0 Å². The van der Waals surface area contributed by atoms with Crippen LogP contribution >= 0.6 is 0 Å². The molecule has 0 saturated carbocycles. The van der Waals surface area contributed by atoms with Crippen LogP contribution in [0.3, 0.4) is 0 Å². The number of hydrogen-bond donors (Lipinski definition) is 0. The number of anilines is 2. The van der Waals surface area contributed by atoms with Crippen LogP contribution in [0.15, 0.2) is 84.9 Å². The monoisotopic (exact) mass is 386 g/mol. The average molecular weight is 387 g/mol. The third kappa shape index (κ3) is 5.63. The molecule has 0 radical (unpaired) electrons. The summed E-state index contributed by atoms with van der Waals surface area (Å²) in [7, 11) is 0. The number of benzene rings is 3. The minimum Gasteiger partial charge on any atom is -0.352 e. The molecule has 1 aliphatic heterocycles. The van der Waals surface area contributed by atoms with Crippen molar-refractivity contribution in [2.45, 2.75) is 39.5 Å². The molecule has 29 heavy (non-hydrogen) atoms. The molecule has 0 aromatic heterocycles. The summed E-state index contributed by atoms with van der Waals surface area (Å²) in [5.74, 6) is 1.28. The Morgan fingerprint density at radius 1 is 0.517 bits per heavy atom. The van der Waals surface area contributed by atoms with Crippen molar-refractivity contribution in [2.24, 2.45) is 0 Å². The van der Waals surface area contributed by atoms with Gasteiger partial charge in [0.1, 0.15) is 0 Å². The number of hydrogen-bond acceptors (Lipinski definition) is 2. The van der Waals surface area contributed by atoms with Gasteiger partial charge < -0.3 is 9.80 Å². The first-order valence-corrected chi connectivity index (χ1v) is 10.7. The van der Waals surface area contributed by atoms with E-state index < -0.39 is 0 Å². The smallest absolute Gasteiger partial charge is 0.0904 e. The van der Waals surface area contributed by atoms with Crippen molar-refractivity contribution < 1.29 is 0 Å². The number of para-hydroxylation sites is 2. The topological polar surface area (TPSA) is 6.48 Å². The van der Waals surface area contributed by atoms with E-state index in [1.807, 2.05) is 0 Å². The highest BCUT2D eigenvalue weighted by atomic mass is 15.4. The Balaban J connectivity index is 0.000000177. The first-order chi connectivity index (χ1) is 14.1. The van der Waals surface area contributed by atoms with Gasteiger partial charge in [-0.3, -0.25) is 0 Å². The first kappa shape index (κ1) is 21.0. The fraction of sp³-hybridized carbons (Fsp3) is 0.333. The molecule has 1 saturated heterocycles. The van der Waals surface area contributed by atoms with E-state index in [0.717, 1.165) is 19.8 Å². The summed E-state index contributed by atoms with van der Waals surface area (Å²) in [4.78, 5) is 4.82. The van der Waals surface area contributed by atoms with Gasteiger partial charge in [0, 0.05) is 24.5 Å². The van der Waals surface area contributed by atoms with Gasteiger partial charge in [-0.1, -0.05) is 88.4 Å². The van der Waals surface area contributed by atoms with E-state index in [4.69, 9.17) is 0 Å². The molecule has 0 aliphatic carbocycles. The lowest BCUT2D eigenvalue weighted by molar-refractivity contribution is 0.790. The van der Waals surface area contributed by atoms with E-state index in [-0.39, 0.29) is 0 Å². The largest absolute Gasteiger partial charge is 0.352 e. The molecule has 0 spiro atoms. The molecule has 1 heterocycles. The molecule has 0 amide bonds. The van der Waals surface area contributed by atoms with Crippen LogP contribution < -0.4 is 9.80 Å². The maximum atomic E-state index is 2.41. The predicted molar refractivity (Wildman–Crippen MR) is 127 cm³/mol. The van der Waals surface area contributed by atoms with E-state index in [1.165, 1.54) is 22.5 Å². The van der Waals surface area contributed by atoms with Gasteiger partial charge in [0.25, 0.3) is 0 Å². The van der Waals surface area contributed by atoms with E-state index in [1.54, 1.807) is 0 Å². The molecular formula is C27H34N2. The SMILES string of the molecule is CC(C)c1ccccc1C(C)C.c1ccc(N2CCN(c3ccccc3)C2)cc1. The standard InChI is InChI=1S/C15H16N2.C12H18/c1-3-7-14(8-4-1)16-11-12-17(13-16)15-9-5-2-6-10-15;1-9(2)11-7-5-6-8-12(11)10(3)4/h1-10H,11-13H2;5-10H,1-4H3. The highest BCUT2D eigenvalue weighted by molar-refractivity contribution is 5.54. The highest BCUT2D eigenvalue weighted by Gasteiger charge is 2.19. The average Bonchev–Trinajstić information content (AvgIpc) is 3.26. The molecule has 0 atom stereocenters. The van der Waals surface area contributed by atoms with Crippen LogP contribution in [0.25, 0.3) is 0 Å². The summed E-state index contributed by atoms with van der Waals surface area (Å²) < 4.78 is 0. The minimum absolute atomic E-state index is 0.642. The molecule has 0 bridgehead atoms. The van der Waals surface area contributed by atoms with Gasteiger partial charge in [0.15, 0.2) is 0 Å². The normalized spacial score (nSPS) is 13.6. The fourth-order valence-corrected chi connectivity index (χ4v) is 3.85. The maximum Gasteiger partial charge on any atom is 0.0904 e. The summed E-state index contributed by atoms with van der Waals surface area (Å²) in [5.41, 5.74) is 5.61. The molecule has 1 fully saturated rings. The lowest BCUT2D eigenvalue weighted by atomic mass is 9.91. The molecule has 1 aliphatic rings. The molecule has 4 rings (SSSR count). The van der Waals surface area contributed by atoms with Crippen molar-refractivity contribution in [3.05, 3.63) is 96.1 Å². The van der Waals surface area contributed by atoms with E-state index in [9.17, 15) is 0 Å². The Morgan fingerprint density at radius 3 is 1.21 bits per heavy atom. The quantitative estimate of drug-likeness (QED) is 0.481. The molecule has 0 N–H and O–H groups in total. The Kier molecular flexibility index (Phi) is 7.35. The Hall–Kier alpha value is -2.74. The summed E-state index contributed by atoms with van der Waals surface area (Å²) in [6.45, 7) is 12.2. The fourth-order valence-electron chi connectivity index (χ4n) is 3.85. The first-order valence-electron chi connectivity index (χ1n) is 10.7. The van der Waals surface area contributed by atoms with Gasteiger partial charge in [0.05, 0.1) is 6.67 Å². The van der Waals surface area contributed by atoms with Crippen LogP contribution in [0.4, 0.5) is 11.4 Å². The van der Waals surface area contributed by atoms with Crippen molar-refractivity contribution >= 4 is 11.4 Å². The zero-order valence-corrected chi connectivity index (χ0v) is 18.3. The van der Waals surface area contributed by atoms with E-state index >= 15 is 0 Å². The van der Waals surface area contributed by atoms with Crippen LogP contribution in [-0.4, -0.2) is 19.8 Å². The summed E-state index contributed by atoms with van der Waals surface area (Å²) in [6, 6.07) is 29.9. The summed E-state index contributed by atoms with van der Waals surface area (Å²) >= 11 is 0. The number of rotatable bonds is 4. The van der Waals surface area contributed by atoms with Crippen molar-refractivity contribution in [1.82, 2.24) is 0 Å². The zero-order chi connectivity index (χ0) is 20.6. The molecule has 3 aromatic carbocycles. The van der Waals surface area contributed by atoms with Crippen molar-refractivity contribution in [3.8, 4) is 0 Å². The van der Waals surface area contributed by atoms with Crippen LogP contribution in [0.1, 0.15) is 50.7 Å². The summed E-state index contributed by atoms with van der Waals surface area (Å²) in [6.07, 6.45) is 0. The second-order valence-electron chi connectivity index (χ2n) is 8.28. The lowest BCUT2D eigenvalue weighted by Gasteiger charge is -2.21. The summed E-state index contributed by atoms with van der Waals surface area (Å²) in [5, 5.41) is 0. The van der Waals surface area contributed by atoms with Gasteiger partial charge >= 0.3 is 0 Å². The van der Waals surface area contributed by atoms with E-state index in [0.29, 0.717) is 11.8 Å². The van der Waals surface area contributed by atoms with Gasteiger partial charge in [-0.05, 0) is 47.2 Å². The molecular weight excluding hydrogens is 352 g/mol. The lowest BCUT2D eigenvalue weighted by Crippen LogP contribution is -2.24. The van der Waals surface area contributed by atoms with Crippen molar-refractivity contribution in [3.63, 3.8) is 0 Å². The molecule has 152 valence electrons. The maximum absolute atomic E-state index is 2.41. The highest BCUT2D eigenvalue weighted by Crippen LogP contribution is 2.25. The Bertz CT molecular complexity index is 783. The number of nitrogens with zero attached hydrogens (tertiary/aromatic N) is 2. The molecule has 3 aromatic rings. The van der Waals surface area contributed by atoms with Crippen LogP contribution in [0.2, 0.25) is 0 Å². The molecule has 2 nitrogen and oxygen atoms in total. The third-order valence-electron chi connectivity index (χ3n) is 5.46. The minimum atomic E-state index is 0.642. The molecule has 0 unspecified atom stereocenters. The van der Waals surface area contributed by atoms with Gasteiger partial charge in [0.2, 0.25) is 0 Å². The van der Waals surface area contributed by atoms with Crippen LogP contribution in [0, 0.1) is 0 Å². The van der Waals surface area contributed by atoms with E-state index in [2.05, 4.69) is 122 Å². The zero-order valence-electron chi connectivity index (χ0n) is 18.3. The third-order valence-corrected chi connectivity index (χ3v) is 5.46. The van der Waals surface area contributed by atoms with Gasteiger partial charge in [-0.25, -0.2) is 0 Å². The van der Waals surface area contributed by atoms with Crippen LogP contribution in [0.5, 0.6) is 0 Å². The predicted octanol–water partition coefficient (Wildman–Crippen LogP) is 6.90. The van der Waals surface area contributed by atoms with Gasteiger partial charge in [-0.15, -0.1) is 0 Å². The van der Waals surface area contributed by atoms with Crippen molar-refractivity contribution in [2.75, 3.05) is 29.6 Å². The Labute approximate surface area is 176 Å². The Morgan fingerprint density at radius 2 is 0.862 bits per heavy atom. The second kappa shape index (κ2) is 10.2. The second-order valence-corrected chi connectivity index (χ2v) is 8.28. The molecule has 2 heteroatoms. The van der Waals surface area contributed by atoms with Crippen LogP contribution in [-0.2, 0) is 0 Å².